The highest BCUT2D eigenvalue weighted by molar-refractivity contribution is 14.0. The summed E-state index contributed by atoms with van der Waals surface area (Å²) >= 11 is 0. The summed E-state index contributed by atoms with van der Waals surface area (Å²) in [7, 11) is 1.69. The van der Waals surface area contributed by atoms with Crippen molar-refractivity contribution in [2.24, 2.45) is 4.99 Å². The van der Waals surface area contributed by atoms with Crippen molar-refractivity contribution in [1.29, 1.82) is 0 Å². The van der Waals surface area contributed by atoms with Crippen LogP contribution in [0.5, 0.6) is 0 Å². The van der Waals surface area contributed by atoms with Crippen molar-refractivity contribution in [2.45, 2.75) is 52.1 Å². The third-order valence-electron chi connectivity index (χ3n) is 4.09. The van der Waals surface area contributed by atoms with E-state index in [1.807, 2.05) is 0 Å². The Labute approximate surface area is 165 Å². The quantitative estimate of drug-likeness (QED) is 0.228. The Hall–Kier alpha value is -0.120. The van der Waals surface area contributed by atoms with Gasteiger partial charge in [-0.1, -0.05) is 0 Å². The van der Waals surface area contributed by atoms with Gasteiger partial charge in [-0.15, -0.1) is 24.0 Å². The molecule has 1 aliphatic heterocycles. The molecule has 1 heterocycles. The number of aliphatic imine (C=N–C) groups is 1. The number of nitrogens with zero attached hydrogens (tertiary/aromatic N) is 2. The van der Waals surface area contributed by atoms with Crippen LogP contribution in [0.1, 0.15) is 40.0 Å². The summed E-state index contributed by atoms with van der Waals surface area (Å²) in [6.07, 6.45) is 3.30. The molecule has 1 saturated heterocycles. The van der Waals surface area contributed by atoms with Crippen LogP contribution in [0.15, 0.2) is 4.99 Å². The number of piperidine rings is 1. The van der Waals surface area contributed by atoms with Crippen LogP contribution in [0.3, 0.4) is 0 Å². The van der Waals surface area contributed by atoms with Gasteiger partial charge in [0.25, 0.3) is 0 Å². The first-order valence-electron chi connectivity index (χ1n) is 9.03. The molecule has 6 nitrogen and oxygen atoms in total. The standard InChI is InChI=1S/C17H36N4O2.HI/c1-5-18-17(19-9-6-12-23-14-13-22-4)20-16-7-10-21(11-8-16)15(2)3;/h15-16H,5-14H2,1-4H3,(H2,18,19,20);1H. The molecule has 24 heavy (non-hydrogen) atoms. The molecule has 0 radical (unpaired) electrons. The van der Waals surface area contributed by atoms with Crippen LogP contribution in [0, 0.1) is 0 Å². The minimum absolute atomic E-state index is 0. The highest BCUT2D eigenvalue weighted by atomic mass is 127. The van der Waals surface area contributed by atoms with E-state index >= 15 is 0 Å². The number of hydrogen-bond donors (Lipinski definition) is 2. The van der Waals surface area contributed by atoms with Gasteiger partial charge in [-0.05, 0) is 40.0 Å². The summed E-state index contributed by atoms with van der Waals surface area (Å²) in [4.78, 5) is 7.19. The molecule has 0 aliphatic carbocycles. The van der Waals surface area contributed by atoms with Crippen molar-refractivity contribution in [3.63, 3.8) is 0 Å². The van der Waals surface area contributed by atoms with Crippen LogP contribution >= 0.6 is 24.0 Å². The van der Waals surface area contributed by atoms with Crippen molar-refractivity contribution >= 4 is 29.9 Å². The summed E-state index contributed by atoms with van der Waals surface area (Å²) in [5, 5.41) is 6.92. The average molecular weight is 456 g/mol. The minimum atomic E-state index is 0. The lowest BCUT2D eigenvalue weighted by atomic mass is 10.0. The molecule has 0 atom stereocenters. The topological polar surface area (TPSA) is 58.1 Å². The van der Waals surface area contributed by atoms with E-state index in [0.29, 0.717) is 25.3 Å². The predicted molar refractivity (Wildman–Crippen MR) is 112 cm³/mol. The Balaban J connectivity index is 0.00000529. The number of methoxy groups -OCH3 is 1. The molecule has 0 aromatic heterocycles. The SMILES string of the molecule is CCNC(=NCCCOCCOC)NC1CCN(C(C)C)CC1.I. The van der Waals surface area contributed by atoms with Gasteiger partial charge in [0, 0.05) is 52.0 Å². The van der Waals surface area contributed by atoms with E-state index in [-0.39, 0.29) is 24.0 Å². The van der Waals surface area contributed by atoms with Crippen molar-refractivity contribution in [1.82, 2.24) is 15.5 Å². The second-order valence-electron chi connectivity index (χ2n) is 6.27. The lowest BCUT2D eigenvalue weighted by Crippen LogP contribution is -2.49. The molecular weight excluding hydrogens is 419 g/mol. The van der Waals surface area contributed by atoms with Gasteiger partial charge in [0.1, 0.15) is 0 Å². The van der Waals surface area contributed by atoms with Crippen molar-refractivity contribution in [3.8, 4) is 0 Å². The Kier molecular flexibility index (Phi) is 15.1. The van der Waals surface area contributed by atoms with Crippen molar-refractivity contribution in [3.05, 3.63) is 0 Å². The third kappa shape index (κ3) is 10.7. The summed E-state index contributed by atoms with van der Waals surface area (Å²) < 4.78 is 10.4. The van der Waals surface area contributed by atoms with Crippen LogP contribution < -0.4 is 10.6 Å². The molecule has 0 aromatic rings. The first-order chi connectivity index (χ1) is 11.2. The Bertz CT molecular complexity index is 322. The molecule has 0 amide bonds. The van der Waals surface area contributed by atoms with Gasteiger partial charge in [0.2, 0.25) is 0 Å². The zero-order valence-electron chi connectivity index (χ0n) is 15.8. The first-order valence-corrected chi connectivity index (χ1v) is 9.03. The maximum absolute atomic E-state index is 5.46. The molecule has 0 unspecified atom stereocenters. The zero-order chi connectivity index (χ0) is 16.9. The smallest absolute Gasteiger partial charge is 0.191 e. The lowest BCUT2D eigenvalue weighted by Gasteiger charge is -2.35. The highest BCUT2D eigenvalue weighted by Crippen LogP contribution is 2.12. The van der Waals surface area contributed by atoms with Crippen LogP contribution in [-0.4, -0.2) is 76.1 Å². The fourth-order valence-electron chi connectivity index (χ4n) is 2.68. The third-order valence-corrected chi connectivity index (χ3v) is 4.09. The summed E-state index contributed by atoms with van der Waals surface area (Å²) in [6.45, 7) is 12.7. The second kappa shape index (κ2) is 15.2. The average Bonchev–Trinajstić information content (AvgIpc) is 2.54. The van der Waals surface area contributed by atoms with Crippen LogP contribution in [0.4, 0.5) is 0 Å². The molecule has 1 fully saturated rings. The van der Waals surface area contributed by atoms with E-state index in [1.54, 1.807) is 7.11 Å². The number of hydrogen-bond acceptors (Lipinski definition) is 4. The largest absolute Gasteiger partial charge is 0.382 e. The highest BCUT2D eigenvalue weighted by Gasteiger charge is 2.21. The molecule has 2 N–H and O–H groups in total. The van der Waals surface area contributed by atoms with Gasteiger partial charge in [-0.2, -0.15) is 0 Å². The van der Waals surface area contributed by atoms with E-state index in [1.165, 1.54) is 25.9 Å². The van der Waals surface area contributed by atoms with Crippen LogP contribution in [0.25, 0.3) is 0 Å². The first kappa shape index (κ1) is 23.9. The fourth-order valence-corrected chi connectivity index (χ4v) is 2.68. The molecule has 0 bridgehead atoms. The number of ether oxygens (including phenoxy) is 2. The molecule has 144 valence electrons. The molecular formula is C17H37IN4O2. The van der Waals surface area contributed by atoms with Gasteiger partial charge in [0.05, 0.1) is 13.2 Å². The van der Waals surface area contributed by atoms with Crippen LogP contribution in [0.2, 0.25) is 0 Å². The van der Waals surface area contributed by atoms with Gasteiger partial charge < -0.3 is 25.0 Å². The Morgan fingerprint density at radius 3 is 2.50 bits per heavy atom. The molecule has 0 spiro atoms. The maximum Gasteiger partial charge on any atom is 0.191 e. The normalized spacial score (nSPS) is 17.0. The van der Waals surface area contributed by atoms with Gasteiger partial charge in [-0.3, -0.25) is 4.99 Å². The van der Waals surface area contributed by atoms with E-state index in [9.17, 15) is 0 Å². The molecule has 0 saturated carbocycles. The monoisotopic (exact) mass is 456 g/mol. The van der Waals surface area contributed by atoms with Crippen molar-refractivity contribution in [2.75, 3.05) is 53.1 Å². The number of guanidine groups is 1. The summed E-state index contributed by atoms with van der Waals surface area (Å²) in [5.74, 6) is 0.937. The second-order valence-corrected chi connectivity index (χ2v) is 6.27. The van der Waals surface area contributed by atoms with E-state index < -0.39 is 0 Å². The van der Waals surface area contributed by atoms with Crippen LogP contribution in [-0.2, 0) is 9.47 Å². The summed E-state index contributed by atoms with van der Waals surface area (Å²) in [5.41, 5.74) is 0. The van der Waals surface area contributed by atoms with E-state index in [2.05, 4.69) is 41.3 Å². The van der Waals surface area contributed by atoms with Gasteiger partial charge in [0.15, 0.2) is 5.96 Å². The van der Waals surface area contributed by atoms with Crippen molar-refractivity contribution < 1.29 is 9.47 Å². The number of likely N-dealkylation sites (tertiary alicyclic amines) is 1. The summed E-state index contributed by atoms with van der Waals surface area (Å²) in [6, 6.07) is 1.18. The number of nitrogens with one attached hydrogen (secondary N) is 2. The van der Waals surface area contributed by atoms with Gasteiger partial charge >= 0.3 is 0 Å². The fraction of sp³-hybridized carbons (Fsp3) is 0.941. The molecule has 1 rings (SSSR count). The van der Waals surface area contributed by atoms with E-state index in [0.717, 1.165) is 32.1 Å². The zero-order valence-corrected chi connectivity index (χ0v) is 18.2. The molecule has 7 heteroatoms. The number of halogens is 1. The minimum Gasteiger partial charge on any atom is -0.382 e. The predicted octanol–water partition coefficient (Wildman–Crippen LogP) is 2.09. The Morgan fingerprint density at radius 2 is 1.92 bits per heavy atom. The Morgan fingerprint density at radius 1 is 1.21 bits per heavy atom. The lowest BCUT2D eigenvalue weighted by molar-refractivity contribution is 0.0702. The molecule has 0 aromatic carbocycles. The van der Waals surface area contributed by atoms with E-state index in [4.69, 9.17) is 9.47 Å². The molecule has 1 aliphatic rings. The van der Waals surface area contributed by atoms with Gasteiger partial charge in [-0.25, -0.2) is 0 Å². The maximum atomic E-state index is 5.46. The number of rotatable bonds is 10.